The molecule has 1 atom stereocenters. The number of imidazole rings is 1. The summed E-state index contributed by atoms with van der Waals surface area (Å²) in [6, 6.07) is 16.5. The monoisotopic (exact) mass is 408 g/mol. The van der Waals surface area contributed by atoms with Gasteiger partial charge in [-0.3, -0.25) is 4.79 Å². The van der Waals surface area contributed by atoms with Crippen LogP contribution in [0.3, 0.4) is 0 Å². The van der Waals surface area contributed by atoms with Gasteiger partial charge in [-0.25, -0.2) is 4.98 Å². The lowest BCUT2D eigenvalue weighted by Gasteiger charge is -2.18. The summed E-state index contributed by atoms with van der Waals surface area (Å²) in [5.74, 6) is 1.34. The molecule has 0 spiro atoms. The summed E-state index contributed by atoms with van der Waals surface area (Å²) >= 11 is 1.70. The number of anilines is 1. The first kappa shape index (κ1) is 20.0. The first-order valence-corrected chi connectivity index (χ1v) is 11.3. The summed E-state index contributed by atoms with van der Waals surface area (Å²) in [6.07, 6.45) is 3.63. The van der Waals surface area contributed by atoms with Gasteiger partial charge in [-0.1, -0.05) is 18.2 Å². The van der Waals surface area contributed by atoms with E-state index in [0.29, 0.717) is 13.0 Å². The van der Waals surface area contributed by atoms with E-state index in [9.17, 15) is 4.79 Å². The molecular formula is C23H28N4OS. The zero-order chi connectivity index (χ0) is 20.4. The Balaban J connectivity index is 1.63. The predicted octanol–water partition coefficient (Wildman–Crippen LogP) is 4.23. The molecule has 1 aromatic heterocycles. The van der Waals surface area contributed by atoms with Gasteiger partial charge in [-0.2, -0.15) is 0 Å². The van der Waals surface area contributed by atoms with Crippen molar-refractivity contribution in [1.82, 2.24) is 14.5 Å². The first-order valence-electron chi connectivity index (χ1n) is 10.1. The molecule has 152 valence electrons. The topological polar surface area (TPSA) is 41.4 Å². The molecule has 6 heteroatoms. The first-order chi connectivity index (χ1) is 14.1. The van der Waals surface area contributed by atoms with Crippen LogP contribution in [0, 0.1) is 0 Å². The summed E-state index contributed by atoms with van der Waals surface area (Å²) in [5, 5.41) is 0. The van der Waals surface area contributed by atoms with Crippen LogP contribution in [0.15, 0.2) is 53.4 Å². The molecule has 1 fully saturated rings. The van der Waals surface area contributed by atoms with E-state index >= 15 is 0 Å². The van der Waals surface area contributed by atoms with Crippen molar-refractivity contribution in [2.75, 3.05) is 38.3 Å². The van der Waals surface area contributed by atoms with Crippen LogP contribution in [-0.4, -0.2) is 53.8 Å². The van der Waals surface area contributed by atoms with E-state index in [2.05, 4.69) is 60.1 Å². The van der Waals surface area contributed by atoms with Crippen LogP contribution in [0.2, 0.25) is 0 Å². The zero-order valence-corrected chi connectivity index (χ0v) is 18.2. The number of aromatic nitrogens is 2. The van der Waals surface area contributed by atoms with Gasteiger partial charge in [-0.05, 0) is 63.6 Å². The van der Waals surface area contributed by atoms with Crippen molar-refractivity contribution in [1.29, 1.82) is 0 Å². The van der Waals surface area contributed by atoms with Gasteiger partial charge in [0.25, 0.3) is 0 Å². The number of rotatable bonds is 7. The maximum absolute atomic E-state index is 12.9. The number of amides is 1. The van der Waals surface area contributed by atoms with Crippen molar-refractivity contribution in [3.05, 3.63) is 54.4 Å². The van der Waals surface area contributed by atoms with Crippen LogP contribution in [0.4, 0.5) is 5.69 Å². The number of fused-ring (bicyclic) bond motifs is 1. The van der Waals surface area contributed by atoms with E-state index in [1.165, 1.54) is 4.90 Å². The highest BCUT2D eigenvalue weighted by molar-refractivity contribution is 7.98. The van der Waals surface area contributed by atoms with E-state index in [0.717, 1.165) is 42.1 Å². The van der Waals surface area contributed by atoms with Gasteiger partial charge >= 0.3 is 0 Å². The third-order valence-electron chi connectivity index (χ3n) is 5.53. The molecular weight excluding hydrogens is 380 g/mol. The summed E-state index contributed by atoms with van der Waals surface area (Å²) in [7, 11) is 4.20. The summed E-state index contributed by atoms with van der Waals surface area (Å²) in [4.78, 5) is 23.1. The largest absolute Gasteiger partial charge is 0.328 e. The standard InChI is InChI=1S/C23H28N4OS/c1-25(2)12-7-13-26-21-11-5-4-10-20(21)24-23(26)17-14-22(28)27(16-17)18-8-6-9-19(15-18)29-3/h4-6,8-11,15,17H,7,12-14,16H2,1-3H3/t17-/m0/s1. The normalized spacial score (nSPS) is 17.0. The van der Waals surface area contributed by atoms with E-state index in [-0.39, 0.29) is 11.8 Å². The molecule has 4 rings (SSSR count). The van der Waals surface area contributed by atoms with Crippen molar-refractivity contribution in [3.63, 3.8) is 0 Å². The SMILES string of the molecule is CSc1cccc(N2C[C@@H](c3nc4ccccc4n3CCCN(C)C)CC2=O)c1. The Morgan fingerprint density at radius 1 is 1.17 bits per heavy atom. The van der Waals surface area contributed by atoms with Crippen molar-refractivity contribution >= 4 is 34.4 Å². The highest BCUT2D eigenvalue weighted by Crippen LogP contribution is 2.34. The van der Waals surface area contributed by atoms with Gasteiger partial charge in [-0.15, -0.1) is 11.8 Å². The van der Waals surface area contributed by atoms with Crippen molar-refractivity contribution < 1.29 is 4.79 Å². The number of benzene rings is 2. The predicted molar refractivity (Wildman–Crippen MR) is 121 cm³/mol. The molecule has 1 aliphatic heterocycles. The Kier molecular flexibility index (Phi) is 5.92. The number of para-hydroxylation sites is 2. The molecule has 0 aliphatic carbocycles. The van der Waals surface area contributed by atoms with Crippen molar-refractivity contribution in [2.24, 2.45) is 0 Å². The lowest BCUT2D eigenvalue weighted by molar-refractivity contribution is -0.117. The molecule has 1 saturated heterocycles. The second-order valence-electron chi connectivity index (χ2n) is 7.87. The number of thioether (sulfide) groups is 1. The molecule has 0 bridgehead atoms. The van der Waals surface area contributed by atoms with Crippen LogP contribution in [0.25, 0.3) is 11.0 Å². The molecule has 0 saturated carbocycles. The lowest BCUT2D eigenvalue weighted by atomic mass is 10.1. The Labute approximate surface area is 176 Å². The van der Waals surface area contributed by atoms with Gasteiger partial charge < -0.3 is 14.4 Å². The summed E-state index contributed by atoms with van der Waals surface area (Å²) in [5.41, 5.74) is 3.17. The Hall–Kier alpha value is -2.31. The molecule has 0 unspecified atom stereocenters. The third-order valence-corrected chi connectivity index (χ3v) is 6.25. The fourth-order valence-corrected chi connectivity index (χ4v) is 4.55. The maximum atomic E-state index is 12.9. The smallest absolute Gasteiger partial charge is 0.227 e. The molecule has 29 heavy (non-hydrogen) atoms. The zero-order valence-electron chi connectivity index (χ0n) is 17.3. The van der Waals surface area contributed by atoms with Crippen LogP contribution in [0.5, 0.6) is 0 Å². The van der Waals surface area contributed by atoms with E-state index in [4.69, 9.17) is 4.98 Å². The van der Waals surface area contributed by atoms with E-state index in [1.807, 2.05) is 23.1 Å². The quantitative estimate of drug-likeness (QED) is 0.549. The highest BCUT2D eigenvalue weighted by atomic mass is 32.2. The molecule has 0 N–H and O–H groups in total. The fraction of sp³-hybridized carbons (Fsp3) is 0.391. The molecule has 2 heterocycles. The third kappa shape index (κ3) is 4.19. The van der Waals surface area contributed by atoms with Crippen LogP contribution in [-0.2, 0) is 11.3 Å². The van der Waals surface area contributed by atoms with Crippen LogP contribution in [0.1, 0.15) is 24.6 Å². The van der Waals surface area contributed by atoms with E-state index < -0.39 is 0 Å². The average molecular weight is 409 g/mol. The minimum atomic E-state index is 0.118. The van der Waals surface area contributed by atoms with Crippen LogP contribution >= 0.6 is 11.8 Å². The van der Waals surface area contributed by atoms with Crippen molar-refractivity contribution in [2.45, 2.75) is 30.2 Å². The van der Waals surface area contributed by atoms with Gasteiger partial charge in [0.1, 0.15) is 5.82 Å². The highest BCUT2D eigenvalue weighted by Gasteiger charge is 2.34. The lowest BCUT2D eigenvalue weighted by Crippen LogP contribution is -2.24. The Morgan fingerprint density at radius 2 is 2.00 bits per heavy atom. The minimum Gasteiger partial charge on any atom is -0.328 e. The van der Waals surface area contributed by atoms with Gasteiger partial charge in [0.05, 0.1) is 11.0 Å². The molecule has 1 amide bonds. The second-order valence-corrected chi connectivity index (χ2v) is 8.75. The summed E-state index contributed by atoms with van der Waals surface area (Å²) < 4.78 is 2.33. The average Bonchev–Trinajstić information content (AvgIpc) is 3.28. The molecule has 2 aromatic carbocycles. The van der Waals surface area contributed by atoms with Crippen LogP contribution < -0.4 is 4.90 Å². The number of hydrogen-bond donors (Lipinski definition) is 0. The van der Waals surface area contributed by atoms with Gasteiger partial charge in [0.15, 0.2) is 0 Å². The second kappa shape index (κ2) is 8.59. The summed E-state index contributed by atoms with van der Waals surface area (Å²) in [6.45, 7) is 2.64. The van der Waals surface area contributed by atoms with Crippen molar-refractivity contribution in [3.8, 4) is 0 Å². The fourth-order valence-electron chi connectivity index (χ4n) is 4.09. The molecule has 1 aliphatic rings. The number of carbonyl (C=O) groups excluding carboxylic acids is 1. The number of hydrogen-bond acceptors (Lipinski definition) is 4. The molecule has 0 radical (unpaired) electrons. The van der Waals surface area contributed by atoms with E-state index in [1.54, 1.807) is 11.8 Å². The molecule has 5 nitrogen and oxygen atoms in total. The maximum Gasteiger partial charge on any atom is 0.227 e. The minimum absolute atomic E-state index is 0.118. The van der Waals surface area contributed by atoms with Gasteiger partial charge in [0, 0.05) is 36.0 Å². The number of nitrogens with zero attached hydrogens (tertiary/aromatic N) is 4. The Bertz CT molecular complexity index is 1010. The van der Waals surface area contributed by atoms with Gasteiger partial charge in [0.2, 0.25) is 5.91 Å². The number of aryl methyl sites for hydroxylation is 1. The Morgan fingerprint density at radius 3 is 2.79 bits per heavy atom. The number of carbonyl (C=O) groups is 1. The molecule has 3 aromatic rings.